The van der Waals surface area contributed by atoms with Crippen LogP contribution in [-0.2, 0) is 4.79 Å². The molecular formula is C14H25N3O. The van der Waals surface area contributed by atoms with Crippen LogP contribution in [0.3, 0.4) is 0 Å². The number of nitrogens with one attached hydrogen (secondary N) is 1. The number of amides is 1. The standard InChI is InChI=1S/C14H25N3O/c18-14(12-17-10-6-3-7-11-17)16-15-13-8-4-1-2-5-9-13/h1-12H2,(H,16,18). The lowest BCUT2D eigenvalue weighted by atomic mass is 10.1. The van der Waals surface area contributed by atoms with Gasteiger partial charge in [-0.15, -0.1) is 0 Å². The molecule has 1 heterocycles. The quantitative estimate of drug-likeness (QED) is 0.618. The Labute approximate surface area is 110 Å². The van der Waals surface area contributed by atoms with Crippen molar-refractivity contribution in [1.82, 2.24) is 10.3 Å². The molecular weight excluding hydrogens is 226 g/mol. The molecule has 0 bridgehead atoms. The van der Waals surface area contributed by atoms with Crippen molar-refractivity contribution >= 4 is 11.6 Å². The highest BCUT2D eigenvalue weighted by Gasteiger charge is 2.13. The zero-order valence-electron chi connectivity index (χ0n) is 11.3. The van der Waals surface area contributed by atoms with Gasteiger partial charge in [-0.1, -0.05) is 19.3 Å². The number of nitrogens with zero attached hydrogens (tertiary/aromatic N) is 2. The molecule has 1 amide bonds. The Morgan fingerprint density at radius 3 is 2.28 bits per heavy atom. The van der Waals surface area contributed by atoms with Gasteiger partial charge in [0.2, 0.25) is 0 Å². The predicted octanol–water partition coefficient (Wildman–Crippen LogP) is 2.30. The normalized spacial score (nSPS) is 22.3. The number of hydrogen-bond acceptors (Lipinski definition) is 3. The highest BCUT2D eigenvalue weighted by atomic mass is 16.2. The van der Waals surface area contributed by atoms with Crippen molar-refractivity contribution < 1.29 is 4.79 Å². The van der Waals surface area contributed by atoms with Gasteiger partial charge in [-0.2, -0.15) is 5.10 Å². The van der Waals surface area contributed by atoms with Crippen LogP contribution in [0.2, 0.25) is 0 Å². The molecule has 0 atom stereocenters. The predicted molar refractivity (Wildman–Crippen MR) is 73.6 cm³/mol. The summed E-state index contributed by atoms with van der Waals surface area (Å²) in [6, 6.07) is 0. The van der Waals surface area contributed by atoms with Crippen LogP contribution >= 0.6 is 0 Å². The minimum Gasteiger partial charge on any atom is -0.294 e. The van der Waals surface area contributed by atoms with E-state index in [-0.39, 0.29) is 5.91 Å². The molecule has 0 aromatic carbocycles. The van der Waals surface area contributed by atoms with Gasteiger partial charge in [-0.25, -0.2) is 5.43 Å². The monoisotopic (exact) mass is 251 g/mol. The van der Waals surface area contributed by atoms with Gasteiger partial charge < -0.3 is 0 Å². The molecule has 0 unspecified atom stereocenters. The van der Waals surface area contributed by atoms with Crippen molar-refractivity contribution in [2.24, 2.45) is 5.10 Å². The Bertz CT molecular complexity index is 285. The number of hydrazone groups is 1. The van der Waals surface area contributed by atoms with Crippen LogP contribution in [0.4, 0.5) is 0 Å². The number of piperidine rings is 1. The molecule has 1 saturated heterocycles. The molecule has 1 saturated carbocycles. The number of likely N-dealkylation sites (tertiary alicyclic amines) is 1. The van der Waals surface area contributed by atoms with Gasteiger partial charge in [0.15, 0.2) is 0 Å². The van der Waals surface area contributed by atoms with Crippen LogP contribution < -0.4 is 5.43 Å². The average Bonchev–Trinajstić information content (AvgIpc) is 2.66. The van der Waals surface area contributed by atoms with Gasteiger partial charge in [0.1, 0.15) is 0 Å². The molecule has 102 valence electrons. The molecule has 0 aromatic heterocycles. The van der Waals surface area contributed by atoms with E-state index in [0.717, 1.165) is 25.9 Å². The zero-order chi connectivity index (χ0) is 12.6. The second kappa shape index (κ2) is 7.52. The second-order valence-electron chi connectivity index (χ2n) is 5.46. The van der Waals surface area contributed by atoms with E-state index in [0.29, 0.717) is 6.54 Å². The lowest BCUT2D eigenvalue weighted by Gasteiger charge is -2.25. The van der Waals surface area contributed by atoms with Crippen molar-refractivity contribution in [3.63, 3.8) is 0 Å². The Kier molecular flexibility index (Phi) is 5.65. The van der Waals surface area contributed by atoms with Crippen LogP contribution in [0.1, 0.15) is 57.8 Å². The molecule has 0 spiro atoms. The summed E-state index contributed by atoms with van der Waals surface area (Å²) in [7, 11) is 0. The zero-order valence-corrected chi connectivity index (χ0v) is 11.3. The second-order valence-corrected chi connectivity index (χ2v) is 5.46. The van der Waals surface area contributed by atoms with E-state index in [2.05, 4.69) is 15.4 Å². The number of carbonyl (C=O) groups is 1. The fourth-order valence-corrected chi connectivity index (χ4v) is 2.75. The first-order valence-corrected chi connectivity index (χ1v) is 7.41. The molecule has 2 aliphatic rings. The summed E-state index contributed by atoms with van der Waals surface area (Å²) in [6.45, 7) is 2.63. The van der Waals surface area contributed by atoms with Gasteiger partial charge in [0, 0.05) is 5.71 Å². The Morgan fingerprint density at radius 1 is 1.00 bits per heavy atom. The third-order valence-corrected chi connectivity index (χ3v) is 3.84. The van der Waals surface area contributed by atoms with E-state index < -0.39 is 0 Å². The van der Waals surface area contributed by atoms with E-state index in [9.17, 15) is 4.79 Å². The summed E-state index contributed by atoms with van der Waals surface area (Å²) < 4.78 is 0. The Morgan fingerprint density at radius 2 is 1.61 bits per heavy atom. The first-order valence-electron chi connectivity index (χ1n) is 7.41. The largest absolute Gasteiger partial charge is 0.294 e. The summed E-state index contributed by atoms with van der Waals surface area (Å²) in [6.07, 6.45) is 10.9. The molecule has 18 heavy (non-hydrogen) atoms. The van der Waals surface area contributed by atoms with Crippen LogP contribution in [-0.4, -0.2) is 36.2 Å². The Hall–Kier alpha value is -0.900. The van der Waals surface area contributed by atoms with Crippen molar-refractivity contribution in [2.45, 2.75) is 57.8 Å². The topological polar surface area (TPSA) is 44.7 Å². The highest BCUT2D eigenvalue weighted by Crippen LogP contribution is 2.14. The minimum absolute atomic E-state index is 0.0497. The SMILES string of the molecule is O=C(CN1CCCCC1)NN=C1CCCCCC1. The third kappa shape index (κ3) is 4.77. The number of carbonyl (C=O) groups excluding carboxylic acids is 1. The minimum atomic E-state index is 0.0497. The summed E-state index contributed by atoms with van der Waals surface area (Å²) >= 11 is 0. The lowest BCUT2D eigenvalue weighted by molar-refractivity contribution is -0.122. The van der Waals surface area contributed by atoms with Crippen LogP contribution in [0.25, 0.3) is 0 Å². The van der Waals surface area contributed by atoms with Gasteiger partial charge in [-0.3, -0.25) is 9.69 Å². The van der Waals surface area contributed by atoms with Gasteiger partial charge >= 0.3 is 0 Å². The van der Waals surface area contributed by atoms with E-state index in [1.807, 2.05) is 0 Å². The van der Waals surface area contributed by atoms with Crippen LogP contribution in [0.15, 0.2) is 5.10 Å². The van der Waals surface area contributed by atoms with Crippen LogP contribution in [0.5, 0.6) is 0 Å². The molecule has 4 heteroatoms. The summed E-state index contributed by atoms with van der Waals surface area (Å²) in [4.78, 5) is 14.0. The average molecular weight is 251 g/mol. The first-order chi connectivity index (χ1) is 8.84. The van der Waals surface area contributed by atoms with Crippen molar-refractivity contribution in [2.75, 3.05) is 19.6 Å². The fraction of sp³-hybridized carbons (Fsp3) is 0.857. The van der Waals surface area contributed by atoms with E-state index in [1.165, 1.54) is 50.7 Å². The van der Waals surface area contributed by atoms with Crippen LogP contribution in [0, 0.1) is 0 Å². The summed E-state index contributed by atoms with van der Waals surface area (Å²) in [5.41, 5.74) is 3.91. The fourth-order valence-electron chi connectivity index (χ4n) is 2.75. The van der Waals surface area contributed by atoms with Crippen molar-refractivity contribution in [3.05, 3.63) is 0 Å². The van der Waals surface area contributed by atoms with Gasteiger partial charge in [-0.05, 0) is 51.6 Å². The Balaban J connectivity index is 1.71. The molecule has 2 rings (SSSR count). The molecule has 4 nitrogen and oxygen atoms in total. The molecule has 1 aliphatic carbocycles. The van der Waals surface area contributed by atoms with E-state index in [1.54, 1.807) is 0 Å². The molecule has 2 fully saturated rings. The summed E-state index contributed by atoms with van der Waals surface area (Å²) in [5, 5.41) is 4.30. The number of rotatable bonds is 3. The van der Waals surface area contributed by atoms with E-state index in [4.69, 9.17) is 0 Å². The third-order valence-electron chi connectivity index (χ3n) is 3.84. The first kappa shape index (κ1) is 13.5. The maximum Gasteiger partial charge on any atom is 0.254 e. The van der Waals surface area contributed by atoms with E-state index >= 15 is 0 Å². The maximum atomic E-state index is 11.8. The highest BCUT2D eigenvalue weighted by molar-refractivity contribution is 5.86. The molecule has 1 N–H and O–H groups in total. The summed E-state index contributed by atoms with van der Waals surface area (Å²) in [5.74, 6) is 0.0497. The molecule has 1 aliphatic heterocycles. The number of hydrogen-bond donors (Lipinski definition) is 1. The van der Waals surface area contributed by atoms with Crippen molar-refractivity contribution in [3.8, 4) is 0 Å². The maximum absolute atomic E-state index is 11.8. The van der Waals surface area contributed by atoms with Gasteiger partial charge in [0.05, 0.1) is 6.54 Å². The van der Waals surface area contributed by atoms with Gasteiger partial charge in [0.25, 0.3) is 5.91 Å². The molecule has 0 radical (unpaired) electrons. The molecule has 0 aromatic rings. The lowest BCUT2D eigenvalue weighted by Crippen LogP contribution is -2.38. The van der Waals surface area contributed by atoms with Crippen molar-refractivity contribution in [1.29, 1.82) is 0 Å². The smallest absolute Gasteiger partial charge is 0.254 e.